The van der Waals surface area contributed by atoms with Crippen LogP contribution in [-0.2, 0) is 9.53 Å². The molecule has 1 amide bonds. The van der Waals surface area contributed by atoms with Crippen LogP contribution in [0.3, 0.4) is 0 Å². The lowest BCUT2D eigenvalue weighted by Gasteiger charge is -2.08. The average Bonchev–Trinajstić information content (AvgIpc) is 2.10. The number of ether oxygens (including phenoxy) is 1. The lowest BCUT2D eigenvalue weighted by atomic mass is 10.4. The van der Waals surface area contributed by atoms with Gasteiger partial charge in [0.05, 0.1) is 19.6 Å². The van der Waals surface area contributed by atoms with Crippen molar-refractivity contribution < 1.29 is 22.7 Å². The van der Waals surface area contributed by atoms with Crippen molar-refractivity contribution in [3.63, 3.8) is 0 Å². The van der Waals surface area contributed by atoms with Crippen molar-refractivity contribution in [3.8, 4) is 0 Å². The number of hydrogen-bond acceptors (Lipinski definition) is 3. The standard InChI is InChI=1S/C8H15F3N2O2/c1-15-5-4-12-6-7(14)13-3-2-8(9,10)11/h12H,2-6H2,1H3,(H,13,14). The van der Waals surface area contributed by atoms with E-state index in [9.17, 15) is 18.0 Å². The maximum Gasteiger partial charge on any atom is 0.390 e. The van der Waals surface area contributed by atoms with E-state index < -0.39 is 18.5 Å². The largest absolute Gasteiger partial charge is 0.390 e. The molecule has 0 heterocycles. The number of alkyl halides is 3. The van der Waals surface area contributed by atoms with E-state index in [1.807, 2.05) is 0 Å². The summed E-state index contributed by atoms with van der Waals surface area (Å²) in [5.74, 6) is -0.449. The van der Waals surface area contributed by atoms with Crippen molar-refractivity contribution in [2.24, 2.45) is 0 Å². The quantitative estimate of drug-likeness (QED) is 0.616. The third-order valence-corrected chi connectivity index (χ3v) is 1.50. The third-order valence-electron chi connectivity index (χ3n) is 1.50. The number of hydrogen-bond donors (Lipinski definition) is 2. The van der Waals surface area contributed by atoms with Gasteiger partial charge >= 0.3 is 6.18 Å². The van der Waals surface area contributed by atoms with Gasteiger partial charge in [-0.25, -0.2) is 0 Å². The second-order valence-electron chi connectivity index (χ2n) is 2.88. The van der Waals surface area contributed by atoms with Gasteiger partial charge in [0, 0.05) is 20.2 Å². The van der Waals surface area contributed by atoms with Gasteiger partial charge in [0.2, 0.25) is 5.91 Å². The third kappa shape index (κ3) is 11.1. The van der Waals surface area contributed by atoms with Gasteiger partial charge in [0.15, 0.2) is 0 Å². The summed E-state index contributed by atoms with van der Waals surface area (Å²) in [7, 11) is 1.52. The van der Waals surface area contributed by atoms with Crippen LogP contribution in [0.15, 0.2) is 0 Å². The molecule has 0 unspecified atom stereocenters. The number of methoxy groups -OCH3 is 1. The SMILES string of the molecule is COCCNCC(=O)NCCC(F)(F)F. The van der Waals surface area contributed by atoms with Crippen LogP contribution in [0.4, 0.5) is 13.2 Å². The molecule has 0 aliphatic rings. The Morgan fingerprint density at radius 2 is 2.00 bits per heavy atom. The van der Waals surface area contributed by atoms with Crippen molar-refractivity contribution in [3.05, 3.63) is 0 Å². The van der Waals surface area contributed by atoms with E-state index in [-0.39, 0.29) is 13.1 Å². The average molecular weight is 228 g/mol. The highest BCUT2D eigenvalue weighted by atomic mass is 19.4. The van der Waals surface area contributed by atoms with E-state index in [0.29, 0.717) is 13.2 Å². The maximum atomic E-state index is 11.7. The van der Waals surface area contributed by atoms with Crippen LogP contribution in [0.25, 0.3) is 0 Å². The van der Waals surface area contributed by atoms with Crippen LogP contribution in [0.5, 0.6) is 0 Å². The topological polar surface area (TPSA) is 50.4 Å². The van der Waals surface area contributed by atoms with Crippen molar-refractivity contribution in [1.29, 1.82) is 0 Å². The number of rotatable bonds is 7. The zero-order valence-electron chi connectivity index (χ0n) is 8.49. The van der Waals surface area contributed by atoms with E-state index in [4.69, 9.17) is 4.74 Å². The Morgan fingerprint density at radius 1 is 1.33 bits per heavy atom. The van der Waals surface area contributed by atoms with E-state index in [0.717, 1.165) is 0 Å². The molecule has 90 valence electrons. The Balaban J connectivity index is 3.34. The molecule has 0 bridgehead atoms. The first kappa shape index (κ1) is 14.2. The molecule has 15 heavy (non-hydrogen) atoms. The minimum Gasteiger partial charge on any atom is -0.383 e. The van der Waals surface area contributed by atoms with E-state index in [1.165, 1.54) is 7.11 Å². The van der Waals surface area contributed by atoms with Gasteiger partial charge in [0.25, 0.3) is 0 Å². The van der Waals surface area contributed by atoms with Crippen LogP contribution in [0.1, 0.15) is 6.42 Å². The van der Waals surface area contributed by atoms with Crippen LogP contribution in [0, 0.1) is 0 Å². The smallest absolute Gasteiger partial charge is 0.383 e. The summed E-state index contributed by atoms with van der Waals surface area (Å²) in [6.45, 7) is 0.564. The summed E-state index contributed by atoms with van der Waals surface area (Å²) in [6.07, 6.45) is -5.23. The van der Waals surface area contributed by atoms with Crippen LogP contribution < -0.4 is 10.6 Å². The molecule has 0 radical (unpaired) electrons. The van der Waals surface area contributed by atoms with Gasteiger partial charge in [-0.15, -0.1) is 0 Å². The van der Waals surface area contributed by atoms with Crippen molar-refractivity contribution in [1.82, 2.24) is 10.6 Å². The summed E-state index contributed by atoms with van der Waals surface area (Å²) in [5, 5.41) is 4.87. The molecule has 0 saturated heterocycles. The Labute approximate surface area is 86.2 Å². The molecule has 0 aliphatic heterocycles. The molecule has 0 aliphatic carbocycles. The number of nitrogens with one attached hydrogen (secondary N) is 2. The second-order valence-corrected chi connectivity index (χ2v) is 2.88. The molecule has 0 aromatic carbocycles. The normalized spacial score (nSPS) is 11.5. The number of carbonyl (C=O) groups is 1. The summed E-state index contributed by atoms with van der Waals surface area (Å²) in [6, 6.07) is 0. The summed E-state index contributed by atoms with van der Waals surface area (Å²) in [5.41, 5.74) is 0. The van der Waals surface area contributed by atoms with Crippen LogP contribution in [0.2, 0.25) is 0 Å². The van der Waals surface area contributed by atoms with Crippen LogP contribution in [-0.4, -0.2) is 45.4 Å². The van der Waals surface area contributed by atoms with Gasteiger partial charge in [-0.3, -0.25) is 4.79 Å². The molecule has 0 atom stereocenters. The Kier molecular flexibility index (Phi) is 7.06. The molecular weight excluding hydrogens is 213 g/mol. The van der Waals surface area contributed by atoms with E-state index >= 15 is 0 Å². The summed E-state index contributed by atoms with van der Waals surface area (Å²) >= 11 is 0. The van der Waals surface area contributed by atoms with Gasteiger partial charge in [-0.1, -0.05) is 0 Å². The minimum atomic E-state index is -4.23. The molecule has 0 aromatic heterocycles. The zero-order valence-corrected chi connectivity index (χ0v) is 8.49. The monoisotopic (exact) mass is 228 g/mol. The predicted molar refractivity (Wildman–Crippen MR) is 48.4 cm³/mol. The molecule has 7 heteroatoms. The first-order valence-electron chi connectivity index (χ1n) is 4.49. The fraction of sp³-hybridized carbons (Fsp3) is 0.875. The van der Waals surface area contributed by atoms with E-state index in [2.05, 4.69) is 10.6 Å². The Bertz CT molecular complexity index is 185. The lowest BCUT2D eigenvalue weighted by molar-refractivity contribution is -0.135. The first-order chi connectivity index (χ1) is 6.95. The van der Waals surface area contributed by atoms with Gasteiger partial charge in [0.1, 0.15) is 0 Å². The Morgan fingerprint density at radius 3 is 2.53 bits per heavy atom. The highest BCUT2D eigenvalue weighted by Gasteiger charge is 2.26. The lowest BCUT2D eigenvalue weighted by Crippen LogP contribution is -2.36. The number of carbonyl (C=O) groups excluding carboxylic acids is 1. The van der Waals surface area contributed by atoms with Gasteiger partial charge in [-0.05, 0) is 0 Å². The molecular formula is C8H15F3N2O2. The highest BCUT2D eigenvalue weighted by Crippen LogP contribution is 2.17. The molecule has 0 rings (SSSR count). The molecule has 0 fully saturated rings. The van der Waals surface area contributed by atoms with Crippen LogP contribution >= 0.6 is 0 Å². The van der Waals surface area contributed by atoms with Crippen molar-refractivity contribution in [2.75, 3.05) is 33.4 Å². The van der Waals surface area contributed by atoms with E-state index in [1.54, 1.807) is 0 Å². The van der Waals surface area contributed by atoms with Gasteiger partial charge in [-0.2, -0.15) is 13.2 Å². The van der Waals surface area contributed by atoms with Crippen molar-refractivity contribution in [2.45, 2.75) is 12.6 Å². The minimum absolute atomic E-state index is 0.00121. The molecule has 2 N–H and O–H groups in total. The molecule has 0 spiro atoms. The second kappa shape index (κ2) is 7.47. The molecule has 0 aromatic rings. The van der Waals surface area contributed by atoms with Crippen molar-refractivity contribution >= 4 is 5.91 Å². The van der Waals surface area contributed by atoms with Gasteiger partial charge < -0.3 is 15.4 Å². The number of halogens is 3. The zero-order chi connectivity index (χ0) is 11.7. The first-order valence-corrected chi connectivity index (χ1v) is 4.49. The molecule has 0 saturated carbocycles. The number of amides is 1. The molecule has 4 nitrogen and oxygen atoms in total. The Hall–Kier alpha value is -0.820. The fourth-order valence-corrected chi connectivity index (χ4v) is 0.782. The predicted octanol–water partition coefficient (Wildman–Crippen LogP) is 0.291. The maximum absolute atomic E-state index is 11.7. The summed E-state index contributed by atoms with van der Waals surface area (Å²) < 4.78 is 39.7. The fourth-order valence-electron chi connectivity index (χ4n) is 0.782. The summed E-state index contributed by atoms with van der Waals surface area (Å²) in [4.78, 5) is 10.9. The highest BCUT2D eigenvalue weighted by molar-refractivity contribution is 5.77.